The molecule has 136 valence electrons. The molecule has 0 amide bonds. The van der Waals surface area contributed by atoms with E-state index < -0.39 is 6.17 Å². The number of phenolic OH excluding ortho intramolecular Hbond substituents is 1. The lowest BCUT2D eigenvalue weighted by Gasteiger charge is -2.11. The summed E-state index contributed by atoms with van der Waals surface area (Å²) in [6, 6.07) is 14.4. The predicted molar refractivity (Wildman–Crippen MR) is 109 cm³/mol. The van der Waals surface area contributed by atoms with Crippen LogP contribution >= 0.6 is 0 Å². The number of rotatable bonds is 6. The van der Waals surface area contributed by atoms with Crippen LogP contribution in [0.1, 0.15) is 12.7 Å². The number of nitrogens with one attached hydrogen (secondary N) is 1. The number of alkyl halides is 1. The molecule has 2 N–H and O–H groups in total. The van der Waals surface area contributed by atoms with Gasteiger partial charge in [-0.1, -0.05) is 43.0 Å². The maximum absolute atomic E-state index is 13.3. The van der Waals surface area contributed by atoms with Gasteiger partial charge in [-0.2, -0.15) is 0 Å². The molecule has 1 unspecified atom stereocenters. The highest BCUT2D eigenvalue weighted by molar-refractivity contribution is 5.92. The van der Waals surface area contributed by atoms with Crippen molar-refractivity contribution in [2.24, 2.45) is 0 Å². The first-order chi connectivity index (χ1) is 13.1. The topological polar surface area (TPSA) is 58.0 Å². The fourth-order valence-corrected chi connectivity index (χ4v) is 2.55. The van der Waals surface area contributed by atoms with Crippen molar-refractivity contribution in [3.63, 3.8) is 0 Å². The molecule has 0 fully saturated rings. The van der Waals surface area contributed by atoms with Gasteiger partial charge in [-0.05, 0) is 43.3 Å². The Kier molecular flexibility index (Phi) is 5.61. The van der Waals surface area contributed by atoms with Crippen LogP contribution in [0.25, 0.3) is 16.5 Å². The Morgan fingerprint density at radius 1 is 1.15 bits per heavy atom. The van der Waals surface area contributed by atoms with Gasteiger partial charge in [0.2, 0.25) is 0 Å². The van der Waals surface area contributed by atoms with Crippen LogP contribution in [-0.2, 0) is 0 Å². The standard InChI is InChI=1S/C22H20FN3O/c1-3-6-16(10-9-15(2)23)21-25-20-8-5-4-7-19(20)22(26-21)24-17-11-13-18(27)14-12-17/h3-15,27H,1H2,2H3,(H,24,25,26)/b10-9-,16-6+. The third-order valence-electron chi connectivity index (χ3n) is 3.83. The number of aromatic hydroxyl groups is 1. The number of hydrogen-bond donors (Lipinski definition) is 2. The molecule has 0 saturated carbocycles. The summed E-state index contributed by atoms with van der Waals surface area (Å²) in [5.74, 6) is 1.28. The molecule has 27 heavy (non-hydrogen) atoms. The fourth-order valence-electron chi connectivity index (χ4n) is 2.55. The molecule has 1 heterocycles. The number of nitrogens with zero attached hydrogens (tertiary/aromatic N) is 2. The first-order valence-corrected chi connectivity index (χ1v) is 8.55. The maximum Gasteiger partial charge on any atom is 0.162 e. The Morgan fingerprint density at radius 3 is 2.59 bits per heavy atom. The lowest BCUT2D eigenvalue weighted by Crippen LogP contribution is -2.01. The van der Waals surface area contributed by atoms with E-state index in [4.69, 9.17) is 0 Å². The minimum atomic E-state index is -1.08. The van der Waals surface area contributed by atoms with Gasteiger partial charge in [-0.15, -0.1) is 0 Å². The lowest BCUT2D eigenvalue weighted by atomic mass is 10.1. The monoisotopic (exact) mass is 361 g/mol. The number of hydrogen-bond acceptors (Lipinski definition) is 4. The van der Waals surface area contributed by atoms with Crippen molar-refractivity contribution in [3.05, 3.63) is 85.2 Å². The average Bonchev–Trinajstić information content (AvgIpc) is 2.66. The van der Waals surface area contributed by atoms with Crippen molar-refractivity contribution in [2.45, 2.75) is 13.1 Å². The average molecular weight is 361 g/mol. The van der Waals surface area contributed by atoms with Crippen LogP contribution < -0.4 is 5.32 Å². The molecule has 0 spiro atoms. The first kappa shape index (κ1) is 18.3. The number of anilines is 2. The van der Waals surface area contributed by atoms with Gasteiger partial charge in [0.15, 0.2) is 5.82 Å². The van der Waals surface area contributed by atoms with Gasteiger partial charge >= 0.3 is 0 Å². The molecule has 0 radical (unpaired) electrons. The Labute approximate surface area is 157 Å². The molecule has 2 aromatic carbocycles. The first-order valence-electron chi connectivity index (χ1n) is 8.55. The van der Waals surface area contributed by atoms with E-state index in [1.54, 1.807) is 42.5 Å². The van der Waals surface area contributed by atoms with Gasteiger partial charge in [0.1, 0.15) is 17.7 Å². The van der Waals surface area contributed by atoms with Crippen LogP contribution in [0.5, 0.6) is 5.75 Å². The van der Waals surface area contributed by atoms with E-state index in [2.05, 4.69) is 21.9 Å². The van der Waals surface area contributed by atoms with E-state index >= 15 is 0 Å². The molecule has 0 aliphatic heterocycles. The third kappa shape index (κ3) is 4.58. The summed E-state index contributed by atoms with van der Waals surface area (Å²) in [5, 5.41) is 13.6. The van der Waals surface area contributed by atoms with E-state index in [1.807, 2.05) is 24.3 Å². The molecule has 4 nitrogen and oxygen atoms in total. The summed E-state index contributed by atoms with van der Waals surface area (Å²) < 4.78 is 13.3. The lowest BCUT2D eigenvalue weighted by molar-refractivity contribution is 0.431. The molecular weight excluding hydrogens is 341 g/mol. The summed E-state index contributed by atoms with van der Waals surface area (Å²) in [6.45, 7) is 5.17. The highest BCUT2D eigenvalue weighted by Gasteiger charge is 2.10. The van der Waals surface area contributed by atoms with Crippen molar-refractivity contribution >= 4 is 28.0 Å². The van der Waals surface area contributed by atoms with Crippen LogP contribution in [0.2, 0.25) is 0 Å². The highest BCUT2D eigenvalue weighted by Crippen LogP contribution is 2.27. The van der Waals surface area contributed by atoms with E-state index in [-0.39, 0.29) is 5.75 Å². The summed E-state index contributed by atoms with van der Waals surface area (Å²) in [7, 11) is 0. The second kappa shape index (κ2) is 8.27. The smallest absolute Gasteiger partial charge is 0.162 e. The van der Waals surface area contributed by atoms with Crippen molar-refractivity contribution in [2.75, 3.05) is 5.32 Å². The van der Waals surface area contributed by atoms with Gasteiger partial charge in [0.05, 0.1) is 5.52 Å². The van der Waals surface area contributed by atoms with Gasteiger partial charge in [0.25, 0.3) is 0 Å². The van der Waals surface area contributed by atoms with Gasteiger partial charge in [-0.3, -0.25) is 0 Å². The van der Waals surface area contributed by atoms with Crippen LogP contribution in [0.3, 0.4) is 0 Å². The molecule has 1 atom stereocenters. The minimum absolute atomic E-state index is 0.190. The quantitative estimate of drug-likeness (QED) is 0.446. The number of halogens is 1. The second-order valence-electron chi connectivity index (χ2n) is 5.98. The molecule has 0 bridgehead atoms. The van der Waals surface area contributed by atoms with Gasteiger partial charge in [-0.25, -0.2) is 14.4 Å². The fraction of sp³-hybridized carbons (Fsp3) is 0.0909. The Balaban J connectivity index is 2.10. The zero-order chi connectivity index (χ0) is 19.2. The second-order valence-corrected chi connectivity index (χ2v) is 5.98. The summed E-state index contributed by atoms with van der Waals surface area (Å²) in [4.78, 5) is 9.25. The number of phenols is 1. The molecule has 0 aliphatic carbocycles. The highest BCUT2D eigenvalue weighted by atomic mass is 19.1. The molecule has 3 aromatic rings. The minimum Gasteiger partial charge on any atom is -0.508 e. The zero-order valence-corrected chi connectivity index (χ0v) is 14.9. The number of fused-ring (bicyclic) bond motifs is 1. The number of aromatic nitrogens is 2. The van der Waals surface area contributed by atoms with Crippen molar-refractivity contribution in [1.82, 2.24) is 9.97 Å². The molecule has 0 aliphatic rings. The Morgan fingerprint density at radius 2 is 1.89 bits per heavy atom. The SMILES string of the molecule is C=C/C=C(\C=C/C(C)F)c1nc(Nc2ccc(O)cc2)c2ccccc2n1. The van der Waals surface area contributed by atoms with Crippen molar-refractivity contribution in [1.29, 1.82) is 0 Å². The van der Waals surface area contributed by atoms with Crippen LogP contribution in [0.4, 0.5) is 15.9 Å². The van der Waals surface area contributed by atoms with Gasteiger partial charge in [0, 0.05) is 16.6 Å². The molecule has 0 saturated heterocycles. The third-order valence-corrected chi connectivity index (χ3v) is 3.83. The largest absolute Gasteiger partial charge is 0.508 e. The molecule has 5 heteroatoms. The van der Waals surface area contributed by atoms with E-state index in [0.29, 0.717) is 17.2 Å². The van der Waals surface area contributed by atoms with E-state index in [1.165, 1.54) is 13.0 Å². The number of allylic oxidation sites excluding steroid dienone is 5. The Bertz CT molecular complexity index is 1010. The molecule has 1 aromatic heterocycles. The summed E-state index contributed by atoms with van der Waals surface area (Å²) in [5.41, 5.74) is 2.21. The zero-order valence-electron chi connectivity index (χ0n) is 14.9. The number of benzene rings is 2. The predicted octanol–water partition coefficient (Wildman–Crippen LogP) is 5.56. The summed E-state index contributed by atoms with van der Waals surface area (Å²) in [6.07, 6.45) is 5.39. The van der Waals surface area contributed by atoms with Crippen LogP contribution in [0.15, 0.2) is 79.4 Å². The molecular formula is C22H20FN3O. The maximum atomic E-state index is 13.3. The van der Waals surface area contributed by atoms with Crippen LogP contribution in [0, 0.1) is 0 Å². The number of para-hydroxylation sites is 1. The van der Waals surface area contributed by atoms with E-state index in [9.17, 15) is 9.50 Å². The Hall–Kier alpha value is -3.47. The van der Waals surface area contributed by atoms with E-state index in [0.717, 1.165) is 16.6 Å². The van der Waals surface area contributed by atoms with Crippen LogP contribution in [-0.4, -0.2) is 21.2 Å². The summed E-state index contributed by atoms with van der Waals surface area (Å²) >= 11 is 0. The van der Waals surface area contributed by atoms with Crippen molar-refractivity contribution in [3.8, 4) is 5.75 Å². The normalized spacial score (nSPS) is 13.0. The van der Waals surface area contributed by atoms with Gasteiger partial charge < -0.3 is 10.4 Å². The molecule has 3 rings (SSSR count). The van der Waals surface area contributed by atoms with Crippen molar-refractivity contribution < 1.29 is 9.50 Å².